The maximum atomic E-state index is 11.8. The van der Waals surface area contributed by atoms with Crippen LogP contribution in [-0.2, 0) is 30.0 Å². The number of aryl methyl sites for hydroxylation is 2. The van der Waals surface area contributed by atoms with Gasteiger partial charge < -0.3 is 5.32 Å². The summed E-state index contributed by atoms with van der Waals surface area (Å²) in [7, 11) is -1.36. The highest BCUT2D eigenvalue weighted by Gasteiger charge is 2.12. The van der Waals surface area contributed by atoms with Crippen LogP contribution in [-0.4, -0.2) is 37.0 Å². The monoisotopic (exact) mass is 288 g/mol. The van der Waals surface area contributed by atoms with E-state index >= 15 is 0 Å². The summed E-state index contributed by atoms with van der Waals surface area (Å²) >= 11 is 0. The number of nitrogens with one attached hydrogen (secondary N) is 2. The molecule has 0 saturated carbocycles. The first-order valence-electron chi connectivity index (χ1n) is 6.68. The van der Waals surface area contributed by atoms with E-state index in [9.17, 15) is 8.42 Å². The van der Waals surface area contributed by atoms with Gasteiger partial charge in [-0.1, -0.05) is 13.8 Å². The summed E-state index contributed by atoms with van der Waals surface area (Å²) in [5, 5.41) is 7.40. The highest BCUT2D eigenvalue weighted by atomic mass is 32.2. The van der Waals surface area contributed by atoms with Crippen LogP contribution in [0.5, 0.6) is 0 Å². The van der Waals surface area contributed by atoms with Crippen molar-refractivity contribution < 1.29 is 8.42 Å². The Hall–Kier alpha value is -0.920. The van der Waals surface area contributed by atoms with E-state index in [2.05, 4.69) is 15.1 Å². The molecule has 0 atom stereocenters. The number of rotatable bonds is 9. The molecule has 2 N–H and O–H groups in total. The molecule has 0 aromatic carbocycles. The second kappa shape index (κ2) is 7.62. The van der Waals surface area contributed by atoms with E-state index in [1.54, 1.807) is 4.68 Å². The van der Waals surface area contributed by atoms with E-state index in [-0.39, 0.29) is 5.75 Å². The van der Waals surface area contributed by atoms with Crippen LogP contribution in [0.2, 0.25) is 0 Å². The van der Waals surface area contributed by atoms with Gasteiger partial charge >= 0.3 is 0 Å². The van der Waals surface area contributed by atoms with Crippen LogP contribution in [0, 0.1) is 0 Å². The lowest BCUT2D eigenvalue weighted by Crippen LogP contribution is -2.28. The van der Waals surface area contributed by atoms with Crippen molar-refractivity contribution >= 4 is 10.0 Å². The van der Waals surface area contributed by atoms with Gasteiger partial charge in [0.15, 0.2) is 0 Å². The minimum Gasteiger partial charge on any atom is -0.317 e. The highest BCUT2D eigenvalue weighted by molar-refractivity contribution is 7.89. The second-order valence-electron chi connectivity index (χ2n) is 4.48. The van der Waals surface area contributed by atoms with Crippen LogP contribution < -0.4 is 10.0 Å². The van der Waals surface area contributed by atoms with Gasteiger partial charge in [0, 0.05) is 25.4 Å². The van der Waals surface area contributed by atoms with E-state index in [0.29, 0.717) is 13.0 Å². The third kappa shape index (κ3) is 5.71. The average Bonchev–Trinajstić information content (AvgIpc) is 2.73. The van der Waals surface area contributed by atoms with Crippen molar-refractivity contribution in [3.8, 4) is 0 Å². The van der Waals surface area contributed by atoms with Crippen LogP contribution in [0.1, 0.15) is 31.5 Å². The summed E-state index contributed by atoms with van der Waals surface area (Å²) in [6, 6.07) is 0. The Morgan fingerprint density at radius 3 is 2.74 bits per heavy atom. The van der Waals surface area contributed by atoms with Crippen molar-refractivity contribution in [2.45, 2.75) is 33.2 Å². The summed E-state index contributed by atoms with van der Waals surface area (Å²) in [6.07, 6.45) is 3.29. The smallest absolute Gasteiger partial charge is 0.211 e. The molecule has 0 saturated heterocycles. The summed E-state index contributed by atoms with van der Waals surface area (Å²) in [4.78, 5) is 0. The molecule has 0 aliphatic carbocycles. The van der Waals surface area contributed by atoms with E-state index in [1.807, 2.05) is 27.1 Å². The van der Waals surface area contributed by atoms with Crippen LogP contribution in [0.25, 0.3) is 0 Å². The fourth-order valence-corrected chi connectivity index (χ4v) is 2.90. The van der Waals surface area contributed by atoms with Crippen molar-refractivity contribution in [1.29, 1.82) is 0 Å². The minimum atomic E-state index is -3.20. The number of nitrogens with zero attached hydrogens (tertiary/aromatic N) is 2. The lowest BCUT2D eigenvalue weighted by molar-refractivity contribution is 0.575. The Kier molecular flexibility index (Phi) is 6.47. The number of aromatic nitrogens is 2. The summed E-state index contributed by atoms with van der Waals surface area (Å²) in [5.74, 6) is 0.154. The van der Waals surface area contributed by atoms with Crippen LogP contribution in [0.3, 0.4) is 0 Å². The molecule has 7 heteroatoms. The molecule has 110 valence electrons. The molecule has 0 aliphatic rings. The quantitative estimate of drug-likeness (QED) is 0.645. The first-order chi connectivity index (χ1) is 8.98. The van der Waals surface area contributed by atoms with Crippen molar-refractivity contribution in [1.82, 2.24) is 19.8 Å². The lowest BCUT2D eigenvalue weighted by Gasteiger charge is -2.06. The van der Waals surface area contributed by atoms with E-state index < -0.39 is 10.0 Å². The van der Waals surface area contributed by atoms with Crippen molar-refractivity contribution in [2.75, 3.05) is 18.8 Å². The van der Waals surface area contributed by atoms with Crippen molar-refractivity contribution in [3.05, 3.63) is 17.5 Å². The number of sulfonamides is 1. The molecule has 6 nitrogen and oxygen atoms in total. The fraction of sp³-hybridized carbons (Fsp3) is 0.750. The molecule has 0 fully saturated rings. The Balaban J connectivity index is 2.45. The SMILES string of the molecule is CCNCCCS(=O)(=O)NCc1cn(C)nc1CC. The van der Waals surface area contributed by atoms with Gasteiger partial charge in [-0.15, -0.1) is 0 Å². The molecule has 0 spiro atoms. The Morgan fingerprint density at radius 1 is 1.37 bits per heavy atom. The third-order valence-corrected chi connectivity index (χ3v) is 4.24. The maximum absolute atomic E-state index is 11.8. The Labute approximate surface area is 115 Å². The predicted molar refractivity (Wildman–Crippen MR) is 76.4 cm³/mol. The van der Waals surface area contributed by atoms with Crippen LogP contribution in [0.15, 0.2) is 6.20 Å². The zero-order valence-electron chi connectivity index (χ0n) is 11.9. The van der Waals surface area contributed by atoms with Crippen LogP contribution in [0.4, 0.5) is 0 Å². The van der Waals surface area contributed by atoms with E-state index in [0.717, 1.165) is 30.8 Å². The Bertz CT molecular complexity index is 482. The van der Waals surface area contributed by atoms with Gasteiger partial charge in [-0.25, -0.2) is 13.1 Å². The molecule has 1 aromatic rings. The average molecular weight is 288 g/mol. The standard InChI is InChI=1S/C12H24N4O2S/c1-4-12-11(10-16(3)15-12)9-14-19(17,18)8-6-7-13-5-2/h10,13-14H,4-9H2,1-3H3. The molecule has 19 heavy (non-hydrogen) atoms. The van der Waals surface area contributed by atoms with Gasteiger partial charge in [-0.3, -0.25) is 4.68 Å². The molecule has 1 heterocycles. The fourth-order valence-electron chi connectivity index (χ4n) is 1.85. The molecule has 0 bridgehead atoms. The van der Waals surface area contributed by atoms with Gasteiger partial charge in [0.2, 0.25) is 10.0 Å². The largest absolute Gasteiger partial charge is 0.317 e. The zero-order chi connectivity index (χ0) is 14.3. The first kappa shape index (κ1) is 16.1. The molecule has 1 rings (SSSR count). The van der Waals surface area contributed by atoms with Crippen LogP contribution >= 0.6 is 0 Å². The van der Waals surface area contributed by atoms with Gasteiger partial charge in [-0.2, -0.15) is 5.10 Å². The summed E-state index contributed by atoms with van der Waals surface area (Å²) in [6.45, 7) is 5.92. The predicted octanol–water partition coefficient (Wildman–Crippen LogP) is 0.402. The molecule has 0 radical (unpaired) electrons. The lowest BCUT2D eigenvalue weighted by atomic mass is 10.2. The first-order valence-corrected chi connectivity index (χ1v) is 8.33. The maximum Gasteiger partial charge on any atom is 0.211 e. The third-order valence-electron chi connectivity index (χ3n) is 2.83. The number of hydrogen-bond acceptors (Lipinski definition) is 4. The van der Waals surface area contributed by atoms with Gasteiger partial charge in [0.1, 0.15) is 0 Å². The zero-order valence-corrected chi connectivity index (χ0v) is 12.8. The molecular formula is C12H24N4O2S. The summed E-state index contributed by atoms with van der Waals surface area (Å²) < 4.78 is 28.0. The second-order valence-corrected chi connectivity index (χ2v) is 6.40. The van der Waals surface area contributed by atoms with Crippen molar-refractivity contribution in [3.63, 3.8) is 0 Å². The van der Waals surface area contributed by atoms with E-state index in [4.69, 9.17) is 0 Å². The molecule has 0 aliphatic heterocycles. The van der Waals surface area contributed by atoms with Gasteiger partial charge in [0.25, 0.3) is 0 Å². The molecule has 0 amide bonds. The highest BCUT2D eigenvalue weighted by Crippen LogP contribution is 2.07. The number of hydrogen-bond donors (Lipinski definition) is 2. The topological polar surface area (TPSA) is 76.0 Å². The molecule has 1 aromatic heterocycles. The van der Waals surface area contributed by atoms with Crippen molar-refractivity contribution in [2.24, 2.45) is 7.05 Å². The van der Waals surface area contributed by atoms with Gasteiger partial charge in [0.05, 0.1) is 11.4 Å². The molecular weight excluding hydrogens is 264 g/mol. The Morgan fingerprint density at radius 2 is 2.11 bits per heavy atom. The molecule has 0 unspecified atom stereocenters. The summed E-state index contributed by atoms with van der Waals surface area (Å²) in [5.41, 5.74) is 1.89. The minimum absolute atomic E-state index is 0.154. The van der Waals surface area contributed by atoms with Gasteiger partial charge in [-0.05, 0) is 25.9 Å². The normalized spacial score (nSPS) is 11.9. The van der Waals surface area contributed by atoms with E-state index in [1.165, 1.54) is 0 Å².